The number of rotatable bonds is 4. The molecule has 1 amide bonds. The Morgan fingerprint density at radius 1 is 1.00 bits per heavy atom. The van der Waals surface area contributed by atoms with Gasteiger partial charge in [-0.1, -0.05) is 31.6 Å². The van der Waals surface area contributed by atoms with Crippen LogP contribution in [0, 0.1) is 28.6 Å². The van der Waals surface area contributed by atoms with Crippen LogP contribution in [0.1, 0.15) is 77.2 Å². The van der Waals surface area contributed by atoms with Crippen molar-refractivity contribution in [3.8, 4) is 5.75 Å². The Morgan fingerprint density at radius 3 is 2.51 bits per heavy atom. The summed E-state index contributed by atoms with van der Waals surface area (Å²) in [5.41, 5.74) is 3.19. The fourth-order valence-corrected chi connectivity index (χ4v) is 8.42. The first-order chi connectivity index (χ1) is 17.8. The zero-order chi connectivity index (χ0) is 25.8. The maximum Gasteiger partial charge on any atom is 0.260 e. The molecule has 4 fully saturated rings. The second-order valence-electron chi connectivity index (χ2n) is 12.6. The molecule has 5 atom stereocenters. The summed E-state index contributed by atoms with van der Waals surface area (Å²) < 4.78 is 5.73. The van der Waals surface area contributed by atoms with Gasteiger partial charge in [0.25, 0.3) is 5.91 Å². The number of carbonyl (C=O) groups excluding carboxylic acids is 3. The Kier molecular flexibility index (Phi) is 6.16. The molecule has 37 heavy (non-hydrogen) atoms. The largest absolute Gasteiger partial charge is 0.484 e. The zero-order valence-corrected chi connectivity index (χ0v) is 22.3. The van der Waals surface area contributed by atoms with Crippen LogP contribution in [0.5, 0.6) is 5.75 Å². The van der Waals surface area contributed by atoms with Gasteiger partial charge in [-0.2, -0.15) is 0 Å². The molecule has 1 heterocycles. The summed E-state index contributed by atoms with van der Waals surface area (Å²) in [7, 11) is 0. The molecule has 1 aliphatic heterocycles. The van der Waals surface area contributed by atoms with Crippen molar-refractivity contribution in [2.75, 3.05) is 19.7 Å². The Bertz CT molecular complexity index is 1170. The summed E-state index contributed by atoms with van der Waals surface area (Å²) in [4.78, 5) is 39.9. The predicted molar refractivity (Wildman–Crippen MR) is 143 cm³/mol. The third-order valence-corrected chi connectivity index (χ3v) is 10.6. The van der Waals surface area contributed by atoms with Gasteiger partial charge in [0.15, 0.2) is 18.2 Å². The van der Waals surface area contributed by atoms with E-state index in [0.29, 0.717) is 41.5 Å². The van der Waals surface area contributed by atoms with E-state index < -0.39 is 0 Å². The molecule has 0 spiro atoms. The molecule has 1 aromatic carbocycles. The van der Waals surface area contributed by atoms with E-state index in [4.69, 9.17) is 4.74 Å². The monoisotopic (exact) mass is 501 g/mol. The van der Waals surface area contributed by atoms with E-state index in [9.17, 15) is 14.4 Å². The highest BCUT2D eigenvalue weighted by Crippen LogP contribution is 2.65. The summed E-state index contributed by atoms with van der Waals surface area (Å²) >= 11 is 0. The minimum absolute atomic E-state index is 0.0495. The Hall–Kier alpha value is -2.69. The van der Waals surface area contributed by atoms with Gasteiger partial charge in [0.05, 0.1) is 0 Å². The van der Waals surface area contributed by atoms with Crippen molar-refractivity contribution in [1.29, 1.82) is 0 Å². The maximum absolute atomic E-state index is 13.7. The van der Waals surface area contributed by atoms with Crippen molar-refractivity contribution in [3.63, 3.8) is 0 Å². The van der Waals surface area contributed by atoms with Crippen LogP contribution >= 0.6 is 0 Å². The second kappa shape index (κ2) is 9.25. The van der Waals surface area contributed by atoms with Gasteiger partial charge in [0, 0.05) is 24.9 Å². The van der Waals surface area contributed by atoms with Crippen molar-refractivity contribution in [3.05, 3.63) is 47.1 Å². The molecule has 5 heteroatoms. The van der Waals surface area contributed by atoms with Crippen LogP contribution in [0.4, 0.5) is 0 Å². The lowest BCUT2D eigenvalue weighted by Gasteiger charge is -2.56. The van der Waals surface area contributed by atoms with Gasteiger partial charge in [0.1, 0.15) is 5.75 Å². The third kappa shape index (κ3) is 4.19. The number of allylic oxidation sites excluding steroid dienone is 2. The number of ketones is 2. The molecule has 0 radical (unpaired) electrons. The molecule has 5 aliphatic rings. The van der Waals surface area contributed by atoms with Crippen molar-refractivity contribution in [1.82, 2.24) is 4.90 Å². The normalized spacial score (nSPS) is 36.2. The van der Waals surface area contributed by atoms with Gasteiger partial charge >= 0.3 is 0 Å². The number of benzene rings is 1. The summed E-state index contributed by atoms with van der Waals surface area (Å²) in [6, 6.07) is 7.77. The molecular weight excluding hydrogens is 462 g/mol. The molecule has 3 saturated carbocycles. The predicted octanol–water partition coefficient (Wildman–Crippen LogP) is 5.78. The van der Waals surface area contributed by atoms with Crippen molar-refractivity contribution in [2.24, 2.45) is 28.6 Å². The minimum Gasteiger partial charge on any atom is -0.484 e. The number of nitrogens with zero attached hydrogens (tertiary/aromatic N) is 1. The molecule has 1 saturated heterocycles. The molecule has 1 aromatic rings. The second-order valence-corrected chi connectivity index (χ2v) is 12.6. The van der Waals surface area contributed by atoms with Crippen molar-refractivity contribution < 1.29 is 19.1 Å². The lowest BCUT2D eigenvalue weighted by Crippen LogP contribution is -2.50. The van der Waals surface area contributed by atoms with Gasteiger partial charge in [-0.3, -0.25) is 14.4 Å². The molecule has 0 aromatic heterocycles. The first kappa shape index (κ1) is 24.6. The number of fused-ring (bicyclic) bond motifs is 5. The summed E-state index contributed by atoms with van der Waals surface area (Å²) in [6.07, 6.45) is 12.8. The van der Waals surface area contributed by atoms with Crippen LogP contribution < -0.4 is 4.74 Å². The Balaban J connectivity index is 1.16. The standard InChI is InChI=1S/C32H39NO4/c1-31-13-11-24(34)19-23(31)7-10-26-27(31)12-14-32(2)28(26)18-22(30(32)36)17-21-5-8-25(9-6-21)37-20-29(35)33-15-3-4-16-33/h5-6,8-9,17,19,26-28H,3-4,7,10-16,18,20H2,1-2H3/b22-17+. The van der Waals surface area contributed by atoms with E-state index in [1.165, 1.54) is 5.57 Å². The first-order valence-electron chi connectivity index (χ1n) is 14.3. The summed E-state index contributed by atoms with van der Waals surface area (Å²) in [5, 5.41) is 0. The Labute approximate surface area is 220 Å². The average molecular weight is 502 g/mol. The van der Waals surface area contributed by atoms with Crippen molar-refractivity contribution in [2.45, 2.75) is 71.6 Å². The molecular formula is C32H39NO4. The van der Waals surface area contributed by atoms with E-state index in [1.807, 2.05) is 35.2 Å². The molecule has 5 nitrogen and oxygen atoms in total. The first-order valence-corrected chi connectivity index (χ1v) is 14.3. The van der Waals surface area contributed by atoms with Gasteiger partial charge in [-0.05, 0) is 110 Å². The van der Waals surface area contributed by atoms with Crippen LogP contribution in [0.25, 0.3) is 6.08 Å². The number of Topliss-reactive ketones (excluding diaryl/α,β-unsaturated/α-hetero) is 1. The smallest absolute Gasteiger partial charge is 0.260 e. The summed E-state index contributed by atoms with van der Waals surface area (Å²) in [6.45, 7) is 6.34. The third-order valence-electron chi connectivity index (χ3n) is 10.6. The molecule has 5 unspecified atom stereocenters. The van der Waals surface area contributed by atoms with Gasteiger partial charge in [-0.25, -0.2) is 0 Å². The number of hydrogen-bond donors (Lipinski definition) is 0. The van der Waals surface area contributed by atoms with Crippen LogP contribution in [0.2, 0.25) is 0 Å². The van der Waals surface area contributed by atoms with E-state index in [2.05, 4.69) is 19.9 Å². The molecule has 6 rings (SSSR count). The van der Waals surface area contributed by atoms with Crippen LogP contribution in [0.15, 0.2) is 41.5 Å². The quantitative estimate of drug-likeness (QED) is 0.491. The van der Waals surface area contributed by atoms with E-state index in [-0.39, 0.29) is 23.3 Å². The highest BCUT2D eigenvalue weighted by atomic mass is 16.5. The van der Waals surface area contributed by atoms with Gasteiger partial charge in [-0.15, -0.1) is 0 Å². The lowest BCUT2D eigenvalue weighted by molar-refractivity contribution is -0.132. The highest BCUT2D eigenvalue weighted by Gasteiger charge is 2.60. The number of carbonyl (C=O) groups is 3. The van der Waals surface area contributed by atoms with Crippen LogP contribution in [-0.4, -0.2) is 42.1 Å². The highest BCUT2D eigenvalue weighted by molar-refractivity contribution is 6.06. The van der Waals surface area contributed by atoms with E-state index >= 15 is 0 Å². The SMILES string of the molecule is CC12CCC3C(CCC4=CC(=O)CCC43C)C1C/C(=C\c1ccc(OCC(=O)N3CCCC3)cc1)C2=O. The number of ether oxygens (including phenoxy) is 1. The number of likely N-dealkylation sites (tertiary alicyclic amines) is 1. The minimum atomic E-state index is -0.270. The molecule has 0 N–H and O–H groups in total. The Morgan fingerprint density at radius 2 is 1.76 bits per heavy atom. The van der Waals surface area contributed by atoms with E-state index in [0.717, 1.165) is 75.6 Å². The zero-order valence-electron chi connectivity index (χ0n) is 22.3. The van der Waals surface area contributed by atoms with E-state index in [1.54, 1.807) is 0 Å². The van der Waals surface area contributed by atoms with Gasteiger partial charge in [0.2, 0.25) is 0 Å². The molecule has 196 valence electrons. The van der Waals surface area contributed by atoms with Crippen molar-refractivity contribution >= 4 is 23.5 Å². The topological polar surface area (TPSA) is 63.7 Å². The molecule has 0 bridgehead atoms. The fraction of sp³-hybridized carbons (Fsp3) is 0.594. The summed E-state index contributed by atoms with van der Waals surface area (Å²) in [5.74, 6) is 2.87. The molecule has 4 aliphatic carbocycles. The lowest BCUT2D eigenvalue weighted by atomic mass is 9.47. The fourth-order valence-electron chi connectivity index (χ4n) is 8.42. The average Bonchev–Trinajstić information content (AvgIpc) is 3.52. The number of hydrogen-bond acceptors (Lipinski definition) is 4. The van der Waals surface area contributed by atoms with Crippen LogP contribution in [-0.2, 0) is 14.4 Å². The van der Waals surface area contributed by atoms with Gasteiger partial charge < -0.3 is 9.64 Å². The number of amides is 1. The van der Waals surface area contributed by atoms with Crippen LogP contribution in [0.3, 0.4) is 0 Å². The maximum atomic E-state index is 13.7.